The molecule has 0 fully saturated rings. The summed E-state index contributed by atoms with van der Waals surface area (Å²) in [6.07, 6.45) is 2.08. The zero-order chi connectivity index (χ0) is 13.3. The molecule has 2 rings (SSSR count). The molecule has 0 radical (unpaired) electrons. The van der Waals surface area contributed by atoms with Gasteiger partial charge in [-0.25, -0.2) is 0 Å². The van der Waals surface area contributed by atoms with Crippen molar-refractivity contribution in [3.63, 3.8) is 0 Å². The van der Waals surface area contributed by atoms with Crippen molar-refractivity contribution in [1.82, 2.24) is 5.32 Å². The Labute approximate surface area is 126 Å². The van der Waals surface area contributed by atoms with E-state index < -0.39 is 0 Å². The second kappa shape index (κ2) is 6.00. The van der Waals surface area contributed by atoms with Crippen LogP contribution in [0.25, 0.3) is 0 Å². The molecule has 2 unspecified atom stereocenters. The van der Waals surface area contributed by atoms with Crippen LogP contribution < -0.4 is 10.1 Å². The number of ether oxygens (including phenoxy) is 1. The summed E-state index contributed by atoms with van der Waals surface area (Å²) in [4.78, 5) is 0. The smallest absolute Gasteiger partial charge is 0.144 e. The van der Waals surface area contributed by atoms with Crippen LogP contribution in [0, 0.1) is 0 Å². The van der Waals surface area contributed by atoms with E-state index in [0.717, 1.165) is 35.2 Å². The van der Waals surface area contributed by atoms with Gasteiger partial charge in [-0.15, -0.1) is 0 Å². The second-order valence-electron chi connectivity index (χ2n) is 4.39. The molecule has 0 aliphatic carbocycles. The number of hydrogen-bond acceptors (Lipinski definition) is 2. The first-order valence-corrected chi connectivity index (χ1v) is 7.72. The molecule has 0 saturated carbocycles. The SMILES string of the molecule is CCCNC1c2c(Cl)c(Br)cc(Cl)c2OC1CC. The van der Waals surface area contributed by atoms with Crippen LogP contribution in [0.2, 0.25) is 10.0 Å². The number of rotatable bonds is 4. The van der Waals surface area contributed by atoms with E-state index in [1.54, 1.807) is 6.07 Å². The summed E-state index contributed by atoms with van der Waals surface area (Å²) in [5, 5.41) is 4.80. The lowest BCUT2D eigenvalue weighted by Crippen LogP contribution is -2.31. The number of benzene rings is 1. The number of fused-ring (bicyclic) bond motifs is 1. The lowest BCUT2D eigenvalue weighted by molar-refractivity contribution is 0.185. The molecular formula is C13H16BrCl2NO. The molecule has 100 valence electrons. The molecule has 0 saturated heterocycles. The van der Waals surface area contributed by atoms with Crippen molar-refractivity contribution < 1.29 is 4.74 Å². The van der Waals surface area contributed by atoms with Gasteiger partial charge in [-0.05, 0) is 41.4 Å². The highest BCUT2D eigenvalue weighted by atomic mass is 79.9. The molecule has 0 bridgehead atoms. The van der Waals surface area contributed by atoms with Crippen LogP contribution in [0.4, 0.5) is 0 Å². The van der Waals surface area contributed by atoms with E-state index in [0.29, 0.717) is 10.0 Å². The second-order valence-corrected chi connectivity index (χ2v) is 6.03. The van der Waals surface area contributed by atoms with E-state index in [9.17, 15) is 0 Å². The Kier molecular flexibility index (Phi) is 4.81. The quantitative estimate of drug-likeness (QED) is 0.772. The van der Waals surface area contributed by atoms with E-state index in [-0.39, 0.29) is 12.1 Å². The first-order valence-electron chi connectivity index (χ1n) is 6.17. The minimum Gasteiger partial charge on any atom is -0.486 e. The van der Waals surface area contributed by atoms with E-state index in [4.69, 9.17) is 27.9 Å². The van der Waals surface area contributed by atoms with Crippen LogP contribution in [-0.4, -0.2) is 12.6 Å². The highest BCUT2D eigenvalue weighted by Gasteiger charge is 2.37. The summed E-state index contributed by atoms with van der Waals surface area (Å²) >= 11 is 16.0. The molecule has 1 aromatic carbocycles. The molecule has 2 nitrogen and oxygen atoms in total. The maximum absolute atomic E-state index is 6.38. The Morgan fingerprint density at radius 3 is 2.72 bits per heavy atom. The van der Waals surface area contributed by atoms with Crippen molar-refractivity contribution in [1.29, 1.82) is 0 Å². The predicted octanol–water partition coefficient (Wildman–Crippen LogP) is 4.97. The molecule has 5 heteroatoms. The summed E-state index contributed by atoms with van der Waals surface area (Å²) in [6.45, 7) is 5.18. The van der Waals surface area contributed by atoms with Crippen molar-refractivity contribution in [3.05, 3.63) is 26.1 Å². The van der Waals surface area contributed by atoms with Crippen LogP contribution in [0.1, 0.15) is 38.3 Å². The van der Waals surface area contributed by atoms with E-state index >= 15 is 0 Å². The largest absolute Gasteiger partial charge is 0.486 e. The molecule has 0 amide bonds. The highest BCUT2D eigenvalue weighted by Crippen LogP contribution is 2.48. The van der Waals surface area contributed by atoms with Crippen molar-refractivity contribution in [2.24, 2.45) is 0 Å². The fourth-order valence-electron chi connectivity index (χ4n) is 2.25. The molecule has 0 aromatic heterocycles. The van der Waals surface area contributed by atoms with Gasteiger partial charge in [-0.1, -0.05) is 37.0 Å². The van der Waals surface area contributed by atoms with Gasteiger partial charge in [0.2, 0.25) is 0 Å². The van der Waals surface area contributed by atoms with Crippen LogP contribution >= 0.6 is 39.1 Å². The van der Waals surface area contributed by atoms with Gasteiger partial charge in [-0.3, -0.25) is 0 Å². The minimum absolute atomic E-state index is 0.0934. The topological polar surface area (TPSA) is 21.3 Å². The van der Waals surface area contributed by atoms with Gasteiger partial charge in [0.05, 0.1) is 16.1 Å². The fraction of sp³-hybridized carbons (Fsp3) is 0.538. The summed E-state index contributed by atoms with van der Waals surface area (Å²) in [7, 11) is 0. The number of halogens is 3. The van der Waals surface area contributed by atoms with Gasteiger partial charge in [0.1, 0.15) is 11.9 Å². The summed E-state index contributed by atoms with van der Waals surface area (Å²) in [5.74, 6) is 0.727. The Hall–Kier alpha value is 0.0400. The Morgan fingerprint density at radius 1 is 1.39 bits per heavy atom. The van der Waals surface area contributed by atoms with Gasteiger partial charge in [0.15, 0.2) is 0 Å². The normalized spacial score (nSPS) is 21.8. The van der Waals surface area contributed by atoms with Crippen LogP contribution in [-0.2, 0) is 0 Å². The summed E-state index contributed by atoms with van der Waals surface area (Å²) in [6, 6.07) is 1.91. The maximum Gasteiger partial charge on any atom is 0.144 e. The van der Waals surface area contributed by atoms with Gasteiger partial charge >= 0.3 is 0 Å². The molecule has 1 aliphatic rings. The van der Waals surface area contributed by atoms with Crippen molar-refractivity contribution in [3.8, 4) is 5.75 Å². The van der Waals surface area contributed by atoms with Gasteiger partial charge < -0.3 is 10.1 Å². The van der Waals surface area contributed by atoms with Gasteiger partial charge in [0, 0.05) is 10.0 Å². The third-order valence-electron chi connectivity index (χ3n) is 3.13. The van der Waals surface area contributed by atoms with Crippen LogP contribution in [0.3, 0.4) is 0 Å². The summed E-state index contributed by atoms with van der Waals surface area (Å²) in [5.41, 5.74) is 0.983. The molecular weight excluding hydrogens is 337 g/mol. The average Bonchev–Trinajstić information content (AvgIpc) is 2.72. The van der Waals surface area contributed by atoms with Crippen molar-refractivity contribution in [2.75, 3.05) is 6.54 Å². The minimum atomic E-state index is 0.0934. The molecule has 1 aromatic rings. The zero-order valence-electron chi connectivity index (χ0n) is 10.4. The van der Waals surface area contributed by atoms with Crippen molar-refractivity contribution >= 4 is 39.1 Å². The third-order valence-corrected chi connectivity index (χ3v) is 4.67. The average molecular weight is 353 g/mol. The number of nitrogens with one attached hydrogen (secondary N) is 1. The van der Waals surface area contributed by atoms with E-state index in [1.807, 2.05) is 0 Å². The third kappa shape index (κ3) is 2.51. The Morgan fingerprint density at radius 2 is 2.11 bits per heavy atom. The number of hydrogen-bond donors (Lipinski definition) is 1. The molecule has 2 atom stereocenters. The first-order chi connectivity index (χ1) is 8.60. The van der Waals surface area contributed by atoms with Gasteiger partial charge in [0.25, 0.3) is 0 Å². The molecule has 1 N–H and O–H groups in total. The highest BCUT2D eigenvalue weighted by molar-refractivity contribution is 9.10. The Balaban J connectivity index is 2.44. The van der Waals surface area contributed by atoms with Crippen molar-refractivity contribution in [2.45, 2.75) is 38.8 Å². The van der Waals surface area contributed by atoms with Gasteiger partial charge in [-0.2, -0.15) is 0 Å². The van der Waals surface area contributed by atoms with E-state index in [1.165, 1.54) is 0 Å². The van der Waals surface area contributed by atoms with Crippen LogP contribution in [0.15, 0.2) is 10.5 Å². The van der Waals surface area contributed by atoms with E-state index in [2.05, 4.69) is 35.1 Å². The predicted molar refractivity (Wildman–Crippen MR) is 79.9 cm³/mol. The fourth-order valence-corrected chi connectivity index (χ4v) is 3.34. The first kappa shape index (κ1) is 14.4. The van der Waals surface area contributed by atoms with Crippen LogP contribution in [0.5, 0.6) is 5.75 Å². The molecule has 1 heterocycles. The monoisotopic (exact) mass is 351 g/mol. The molecule has 0 spiro atoms. The maximum atomic E-state index is 6.38. The Bertz CT molecular complexity index is 453. The molecule has 1 aliphatic heterocycles. The lowest BCUT2D eigenvalue weighted by Gasteiger charge is -2.19. The summed E-state index contributed by atoms with van der Waals surface area (Å²) < 4.78 is 6.75. The standard InChI is InChI=1S/C13H16BrCl2NO/c1-3-5-17-12-9(4-2)18-13-8(15)6-7(14)11(16)10(12)13/h6,9,12,17H,3-5H2,1-2H3. The molecule has 18 heavy (non-hydrogen) atoms. The zero-order valence-corrected chi connectivity index (χ0v) is 13.5. The lowest BCUT2D eigenvalue weighted by atomic mass is 10.0.